The quantitative estimate of drug-likeness (QED) is 0.902. The number of hydrogen-bond donors (Lipinski definition) is 1. The molecule has 1 fully saturated rings. The second-order valence-corrected chi connectivity index (χ2v) is 6.94. The van der Waals surface area contributed by atoms with E-state index in [9.17, 15) is 0 Å². The van der Waals surface area contributed by atoms with E-state index in [0.717, 1.165) is 25.6 Å². The normalized spacial score (nSPS) is 25.2. The van der Waals surface area contributed by atoms with Gasteiger partial charge in [-0.05, 0) is 36.0 Å². The summed E-state index contributed by atoms with van der Waals surface area (Å²) in [5, 5.41) is 3.77. The smallest absolute Gasteiger partial charge is 0.0315 e. The van der Waals surface area contributed by atoms with Gasteiger partial charge in [-0.1, -0.05) is 34.1 Å². The van der Waals surface area contributed by atoms with Crippen LogP contribution in [0.3, 0.4) is 0 Å². The minimum atomic E-state index is 0.613. The summed E-state index contributed by atoms with van der Waals surface area (Å²) < 4.78 is 0. The monoisotopic (exact) mass is 289 g/mol. The molecule has 3 nitrogen and oxygen atoms in total. The fourth-order valence-electron chi connectivity index (χ4n) is 3.24. The minimum Gasteiger partial charge on any atom is -0.311 e. The molecule has 2 heterocycles. The molecule has 0 saturated carbocycles. The van der Waals surface area contributed by atoms with Crippen molar-refractivity contribution in [2.45, 2.75) is 59.7 Å². The van der Waals surface area contributed by atoms with Crippen molar-refractivity contribution < 1.29 is 0 Å². The zero-order valence-electron chi connectivity index (χ0n) is 14.3. The second-order valence-electron chi connectivity index (χ2n) is 6.94. The lowest BCUT2D eigenvalue weighted by Crippen LogP contribution is -2.59. The van der Waals surface area contributed by atoms with Gasteiger partial charge in [0.15, 0.2) is 0 Å². The van der Waals surface area contributed by atoms with Gasteiger partial charge in [0.1, 0.15) is 0 Å². The van der Waals surface area contributed by atoms with E-state index in [2.05, 4.69) is 55.9 Å². The van der Waals surface area contributed by atoms with E-state index in [1.807, 2.05) is 12.4 Å². The summed E-state index contributed by atoms with van der Waals surface area (Å²) >= 11 is 0. The lowest BCUT2D eigenvalue weighted by Gasteiger charge is -2.44. The van der Waals surface area contributed by atoms with Gasteiger partial charge in [0.2, 0.25) is 0 Å². The van der Waals surface area contributed by atoms with Crippen molar-refractivity contribution >= 4 is 0 Å². The highest BCUT2D eigenvalue weighted by molar-refractivity contribution is 5.21. The Bertz CT molecular complexity index is 444. The number of hydrogen-bond acceptors (Lipinski definition) is 3. The zero-order valence-corrected chi connectivity index (χ0v) is 14.3. The lowest BCUT2D eigenvalue weighted by molar-refractivity contribution is 0.0750. The first-order chi connectivity index (χ1) is 10.0. The average molecular weight is 289 g/mol. The number of aromatic nitrogens is 1. The third-order valence-corrected chi connectivity index (χ3v) is 5.11. The van der Waals surface area contributed by atoms with Gasteiger partial charge in [-0.3, -0.25) is 9.88 Å². The Kier molecular flexibility index (Phi) is 5.77. The molecule has 0 spiro atoms. The van der Waals surface area contributed by atoms with E-state index >= 15 is 0 Å². The summed E-state index contributed by atoms with van der Waals surface area (Å²) in [6, 6.07) is 3.35. The van der Waals surface area contributed by atoms with E-state index < -0.39 is 0 Å². The van der Waals surface area contributed by atoms with Gasteiger partial charge in [0.05, 0.1) is 0 Å². The van der Waals surface area contributed by atoms with Crippen LogP contribution in [0.4, 0.5) is 0 Å². The van der Waals surface area contributed by atoms with Gasteiger partial charge < -0.3 is 5.32 Å². The highest BCUT2D eigenvalue weighted by Gasteiger charge is 2.31. The van der Waals surface area contributed by atoms with Gasteiger partial charge in [-0.25, -0.2) is 0 Å². The molecule has 1 N–H and O–H groups in total. The van der Waals surface area contributed by atoms with E-state index in [1.54, 1.807) is 0 Å². The van der Waals surface area contributed by atoms with Crippen LogP contribution in [0.25, 0.3) is 0 Å². The molecule has 2 rings (SSSR count). The van der Waals surface area contributed by atoms with Crippen LogP contribution in [0.1, 0.15) is 45.2 Å². The van der Waals surface area contributed by atoms with Crippen molar-refractivity contribution in [2.24, 2.45) is 11.8 Å². The molecule has 1 saturated heterocycles. The molecule has 0 bridgehead atoms. The molecular weight excluding hydrogens is 258 g/mol. The summed E-state index contributed by atoms with van der Waals surface area (Å²) in [6.07, 6.45) is 5.16. The Morgan fingerprint density at radius 2 is 2.14 bits per heavy atom. The Labute approximate surface area is 130 Å². The molecule has 1 aromatic rings. The van der Waals surface area contributed by atoms with Crippen molar-refractivity contribution in [1.29, 1.82) is 0 Å². The van der Waals surface area contributed by atoms with Crippen molar-refractivity contribution in [3.05, 3.63) is 29.6 Å². The maximum absolute atomic E-state index is 4.31. The molecule has 21 heavy (non-hydrogen) atoms. The molecule has 1 aliphatic heterocycles. The highest BCUT2D eigenvalue weighted by Crippen LogP contribution is 2.22. The first kappa shape index (κ1) is 16.4. The predicted octanol–water partition coefficient (Wildman–Crippen LogP) is 3.23. The van der Waals surface area contributed by atoms with Crippen LogP contribution < -0.4 is 5.32 Å². The number of piperazine rings is 1. The molecule has 1 aliphatic rings. The second kappa shape index (κ2) is 7.37. The summed E-state index contributed by atoms with van der Waals surface area (Å²) in [5.41, 5.74) is 2.72. The molecule has 1 aromatic heterocycles. The SMILES string of the molecule is CCC(C)C1CN(Cc2cnccc2C)C(C(C)C)CN1. The molecule has 0 radical (unpaired) electrons. The van der Waals surface area contributed by atoms with Gasteiger partial charge in [-0.15, -0.1) is 0 Å². The first-order valence-electron chi connectivity index (χ1n) is 8.39. The van der Waals surface area contributed by atoms with Crippen LogP contribution in [0.15, 0.2) is 18.5 Å². The van der Waals surface area contributed by atoms with Crippen LogP contribution in [-0.2, 0) is 6.54 Å². The van der Waals surface area contributed by atoms with Crippen molar-refractivity contribution in [1.82, 2.24) is 15.2 Å². The van der Waals surface area contributed by atoms with Crippen LogP contribution in [-0.4, -0.2) is 35.1 Å². The number of nitrogens with one attached hydrogen (secondary N) is 1. The largest absolute Gasteiger partial charge is 0.311 e. The standard InChI is InChI=1S/C18H31N3/c1-6-14(4)17-12-21(18(10-20-17)13(2)3)11-16-9-19-8-7-15(16)5/h7-9,13-14,17-18,20H,6,10-12H2,1-5H3. The number of pyridine rings is 1. The van der Waals surface area contributed by atoms with Crippen LogP contribution in [0.2, 0.25) is 0 Å². The number of nitrogens with zero attached hydrogens (tertiary/aromatic N) is 2. The molecule has 0 aromatic carbocycles. The number of aryl methyl sites for hydroxylation is 1. The molecule has 0 amide bonds. The van der Waals surface area contributed by atoms with Crippen molar-refractivity contribution in [2.75, 3.05) is 13.1 Å². The molecule has 3 unspecified atom stereocenters. The van der Waals surface area contributed by atoms with E-state index in [1.165, 1.54) is 17.5 Å². The Hall–Kier alpha value is -0.930. The van der Waals surface area contributed by atoms with E-state index in [-0.39, 0.29) is 0 Å². The fraction of sp³-hybridized carbons (Fsp3) is 0.722. The summed E-state index contributed by atoms with van der Waals surface area (Å²) in [7, 11) is 0. The maximum Gasteiger partial charge on any atom is 0.0315 e. The molecule has 0 aliphatic carbocycles. The van der Waals surface area contributed by atoms with Crippen LogP contribution in [0.5, 0.6) is 0 Å². The molecule has 3 atom stereocenters. The van der Waals surface area contributed by atoms with E-state index in [0.29, 0.717) is 18.0 Å². The van der Waals surface area contributed by atoms with Crippen LogP contribution >= 0.6 is 0 Å². The zero-order chi connectivity index (χ0) is 15.4. The first-order valence-corrected chi connectivity index (χ1v) is 8.39. The third-order valence-electron chi connectivity index (χ3n) is 5.11. The summed E-state index contributed by atoms with van der Waals surface area (Å²) in [5.74, 6) is 1.41. The minimum absolute atomic E-state index is 0.613. The lowest BCUT2D eigenvalue weighted by atomic mass is 9.91. The van der Waals surface area contributed by atoms with Gasteiger partial charge in [0.25, 0.3) is 0 Å². The third kappa shape index (κ3) is 4.04. The Morgan fingerprint density at radius 1 is 1.38 bits per heavy atom. The Balaban J connectivity index is 2.12. The highest BCUT2D eigenvalue weighted by atomic mass is 15.2. The fourth-order valence-corrected chi connectivity index (χ4v) is 3.24. The predicted molar refractivity (Wildman–Crippen MR) is 89.3 cm³/mol. The average Bonchev–Trinajstić information content (AvgIpc) is 2.48. The summed E-state index contributed by atoms with van der Waals surface area (Å²) in [6.45, 7) is 14.8. The number of rotatable bonds is 5. The Morgan fingerprint density at radius 3 is 2.76 bits per heavy atom. The maximum atomic E-state index is 4.31. The van der Waals surface area contributed by atoms with Crippen molar-refractivity contribution in [3.8, 4) is 0 Å². The summed E-state index contributed by atoms with van der Waals surface area (Å²) in [4.78, 5) is 6.98. The molecule has 118 valence electrons. The van der Waals surface area contributed by atoms with Gasteiger partial charge in [-0.2, -0.15) is 0 Å². The van der Waals surface area contributed by atoms with Gasteiger partial charge in [0, 0.05) is 44.1 Å². The topological polar surface area (TPSA) is 28.2 Å². The molecular formula is C18H31N3. The van der Waals surface area contributed by atoms with Crippen LogP contribution in [0, 0.1) is 18.8 Å². The van der Waals surface area contributed by atoms with E-state index in [4.69, 9.17) is 0 Å². The molecule has 3 heteroatoms. The van der Waals surface area contributed by atoms with Crippen molar-refractivity contribution in [3.63, 3.8) is 0 Å². The van der Waals surface area contributed by atoms with Gasteiger partial charge >= 0.3 is 0 Å².